The summed E-state index contributed by atoms with van der Waals surface area (Å²) in [5.41, 5.74) is 2.58. The molecule has 1 unspecified atom stereocenters. The number of aromatic hydroxyl groups is 1. The van der Waals surface area contributed by atoms with Crippen LogP contribution in [0.25, 0.3) is 0 Å². The Kier molecular flexibility index (Phi) is 14.3. The van der Waals surface area contributed by atoms with Crippen LogP contribution >= 0.6 is 0 Å². The first-order valence-corrected chi connectivity index (χ1v) is 12.0. The number of rotatable bonds is 17. The van der Waals surface area contributed by atoms with Crippen LogP contribution in [0.2, 0.25) is 0 Å². The number of aryl methyl sites for hydroxylation is 1. The second-order valence-corrected chi connectivity index (χ2v) is 8.53. The summed E-state index contributed by atoms with van der Waals surface area (Å²) in [6, 6.07) is 6.08. The van der Waals surface area contributed by atoms with Crippen molar-refractivity contribution in [3.63, 3.8) is 0 Å². The van der Waals surface area contributed by atoms with Crippen LogP contribution in [0, 0.1) is 0 Å². The predicted octanol–water partition coefficient (Wildman–Crippen LogP) is 8.93. The van der Waals surface area contributed by atoms with Gasteiger partial charge in [0, 0.05) is 0 Å². The van der Waals surface area contributed by atoms with Crippen molar-refractivity contribution >= 4 is 0 Å². The molecule has 27 heavy (non-hydrogen) atoms. The van der Waals surface area contributed by atoms with Crippen LogP contribution < -0.4 is 0 Å². The SMILES string of the molecule is CCCCCCCCCCCCCCC(C)c1c(O)cccc1CCCC. The minimum Gasteiger partial charge on any atom is -0.508 e. The van der Waals surface area contributed by atoms with Crippen molar-refractivity contribution in [1.82, 2.24) is 0 Å². The Labute approximate surface area is 170 Å². The van der Waals surface area contributed by atoms with E-state index < -0.39 is 0 Å². The van der Waals surface area contributed by atoms with Gasteiger partial charge in [-0.05, 0) is 42.4 Å². The Bertz CT molecular complexity index is 465. The second kappa shape index (κ2) is 16.0. The fraction of sp³-hybridized carbons (Fsp3) is 0.769. The molecule has 0 aliphatic rings. The molecule has 0 bridgehead atoms. The van der Waals surface area contributed by atoms with Gasteiger partial charge in [0.15, 0.2) is 0 Å². The van der Waals surface area contributed by atoms with E-state index >= 15 is 0 Å². The highest BCUT2D eigenvalue weighted by Crippen LogP contribution is 2.33. The van der Waals surface area contributed by atoms with Crippen molar-refractivity contribution in [2.24, 2.45) is 0 Å². The lowest BCUT2D eigenvalue weighted by Crippen LogP contribution is -2.01. The van der Waals surface area contributed by atoms with E-state index in [1.165, 1.54) is 107 Å². The third-order valence-corrected chi connectivity index (χ3v) is 5.96. The van der Waals surface area contributed by atoms with E-state index in [1.807, 2.05) is 12.1 Å². The van der Waals surface area contributed by atoms with Gasteiger partial charge in [0.1, 0.15) is 5.75 Å². The fourth-order valence-electron chi connectivity index (χ4n) is 4.19. The van der Waals surface area contributed by atoms with Crippen LogP contribution in [0.3, 0.4) is 0 Å². The van der Waals surface area contributed by atoms with E-state index in [1.54, 1.807) is 0 Å². The van der Waals surface area contributed by atoms with E-state index in [2.05, 4.69) is 26.8 Å². The molecule has 0 aliphatic carbocycles. The maximum atomic E-state index is 10.4. The summed E-state index contributed by atoms with van der Waals surface area (Å²) in [6.07, 6.45) is 21.5. The van der Waals surface area contributed by atoms with E-state index in [0.717, 1.165) is 6.42 Å². The highest BCUT2D eigenvalue weighted by atomic mass is 16.3. The molecule has 0 fully saturated rings. The van der Waals surface area contributed by atoms with Crippen molar-refractivity contribution < 1.29 is 5.11 Å². The van der Waals surface area contributed by atoms with Crippen LogP contribution in [0.4, 0.5) is 0 Å². The van der Waals surface area contributed by atoms with E-state index in [0.29, 0.717) is 11.7 Å². The molecular formula is C26H46O. The number of benzene rings is 1. The molecule has 1 aromatic rings. The van der Waals surface area contributed by atoms with Gasteiger partial charge < -0.3 is 5.11 Å². The predicted molar refractivity (Wildman–Crippen MR) is 121 cm³/mol. The number of phenols is 1. The van der Waals surface area contributed by atoms with Crippen LogP contribution in [-0.4, -0.2) is 5.11 Å². The average molecular weight is 375 g/mol. The molecule has 0 radical (unpaired) electrons. The third-order valence-electron chi connectivity index (χ3n) is 5.96. The zero-order valence-electron chi connectivity index (χ0n) is 18.6. The Balaban J connectivity index is 2.13. The first-order valence-electron chi connectivity index (χ1n) is 12.0. The molecular weight excluding hydrogens is 328 g/mol. The Morgan fingerprint density at radius 2 is 1.22 bits per heavy atom. The van der Waals surface area contributed by atoms with E-state index in [-0.39, 0.29) is 0 Å². The molecule has 1 atom stereocenters. The highest BCUT2D eigenvalue weighted by Gasteiger charge is 2.14. The summed E-state index contributed by atoms with van der Waals surface area (Å²) in [6.45, 7) is 6.82. The van der Waals surface area contributed by atoms with Gasteiger partial charge in [0.25, 0.3) is 0 Å². The summed E-state index contributed by atoms with van der Waals surface area (Å²) in [7, 11) is 0. The van der Waals surface area contributed by atoms with E-state index in [9.17, 15) is 5.11 Å². The lowest BCUT2D eigenvalue weighted by molar-refractivity contribution is 0.455. The van der Waals surface area contributed by atoms with Crippen molar-refractivity contribution in [2.45, 2.75) is 129 Å². The molecule has 1 rings (SSSR count). The fourth-order valence-corrected chi connectivity index (χ4v) is 4.19. The van der Waals surface area contributed by atoms with Gasteiger partial charge in [-0.3, -0.25) is 0 Å². The largest absolute Gasteiger partial charge is 0.508 e. The smallest absolute Gasteiger partial charge is 0.119 e. The molecule has 0 heterocycles. The number of unbranched alkanes of at least 4 members (excludes halogenated alkanes) is 12. The monoisotopic (exact) mass is 374 g/mol. The summed E-state index contributed by atoms with van der Waals surface area (Å²) in [5.74, 6) is 0.983. The molecule has 0 spiro atoms. The van der Waals surface area contributed by atoms with Gasteiger partial charge in [-0.1, -0.05) is 116 Å². The number of hydrogen-bond acceptors (Lipinski definition) is 1. The second-order valence-electron chi connectivity index (χ2n) is 8.53. The first kappa shape index (κ1) is 24.1. The number of hydrogen-bond donors (Lipinski definition) is 1. The first-order chi connectivity index (χ1) is 13.2. The lowest BCUT2D eigenvalue weighted by Gasteiger charge is -2.18. The molecule has 0 amide bonds. The van der Waals surface area contributed by atoms with Crippen molar-refractivity contribution in [1.29, 1.82) is 0 Å². The maximum absolute atomic E-state index is 10.4. The molecule has 1 N–H and O–H groups in total. The zero-order valence-corrected chi connectivity index (χ0v) is 18.6. The van der Waals surface area contributed by atoms with Crippen molar-refractivity contribution in [3.8, 4) is 5.75 Å². The van der Waals surface area contributed by atoms with Gasteiger partial charge in [-0.2, -0.15) is 0 Å². The standard InChI is InChI=1S/C26H46O/c1-4-6-8-9-10-11-12-13-14-15-16-17-19-23(3)26-24(20-7-5-2)21-18-22-25(26)27/h18,21-23,27H,4-17,19-20H2,1-3H3. The Morgan fingerprint density at radius 3 is 1.78 bits per heavy atom. The van der Waals surface area contributed by atoms with E-state index in [4.69, 9.17) is 0 Å². The Hall–Kier alpha value is -0.980. The Morgan fingerprint density at radius 1 is 0.704 bits per heavy atom. The molecule has 0 aromatic heterocycles. The minimum absolute atomic E-state index is 0.473. The van der Waals surface area contributed by atoms with Crippen LogP contribution in [0.5, 0.6) is 5.75 Å². The minimum atomic E-state index is 0.473. The van der Waals surface area contributed by atoms with Gasteiger partial charge >= 0.3 is 0 Å². The summed E-state index contributed by atoms with van der Waals surface area (Å²) in [4.78, 5) is 0. The maximum Gasteiger partial charge on any atom is 0.119 e. The summed E-state index contributed by atoms with van der Waals surface area (Å²) in [5, 5.41) is 10.4. The number of phenolic OH excluding ortho intramolecular Hbond substituents is 1. The van der Waals surface area contributed by atoms with Crippen molar-refractivity contribution in [3.05, 3.63) is 29.3 Å². The summed E-state index contributed by atoms with van der Waals surface area (Å²) < 4.78 is 0. The molecule has 0 saturated heterocycles. The van der Waals surface area contributed by atoms with Crippen LogP contribution in [0.1, 0.15) is 134 Å². The van der Waals surface area contributed by atoms with Gasteiger partial charge in [0.2, 0.25) is 0 Å². The quantitative estimate of drug-likeness (QED) is 0.270. The zero-order chi connectivity index (χ0) is 19.7. The molecule has 1 heteroatoms. The average Bonchev–Trinajstić information content (AvgIpc) is 2.67. The third kappa shape index (κ3) is 10.8. The van der Waals surface area contributed by atoms with Crippen LogP contribution in [0.15, 0.2) is 18.2 Å². The van der Waals surface area contributed by atoms with Gasteiger partial charge in [-0.25, -0.2) is 0 Å². The summed E-state index contributed by atoms with van der Waals surface area (Å²) >= 11 is 0. The molecule has 1 nitrogen and oxygen atoms in total. The van der Waals surface area contributed by atoms with Gasteiger partial charge in [-0.15, -0.1) is 0 Å². The highest BCUT2D eigenvalue weighted by molar-refractivity contribution is 5.41. The normalized spacial score (nSPS) is 12.4. The van der Waals surface area contributed by atoms with Crippen molar-refractivity contribution in [2.75, 3.05) is 0 Å². The molecule has 0 aliphatic heterocycles. The molecule has 156 valence electrons. The topological polar surface area (TPSA) is 20.2 Å². The molecule has 0 saturated carbocycles. The lowest BCUT2D eigenvalue weighted by atomic mass is 9.88. The molecule has 1 aromatic carbocycles. The van der Waals surface area contributed by atoms with Gasteiger partial charge in [0.05, 0.1) is 0 Å². The van der Waals surface area contributed by atoms with Crippen LogP contribution in [-0.2, 0) is 6.42 Å².